The van der Waals surface area contributed by atoms with Crippen LogP contribution in [0.3, 0.4) is 0 Å². The van der Waals surface area contributed by atoms with Crippen molar-refractivity contribution < 1.29 is 4.79 Å². The SMILES string of the molecule is Cn1cc(C(=O)N2C[C@H]3CCC[C@H](Cc4ncccn4)[C@H]3C2)cn1. The number of nitrogens with zero attached hydrogens (tertiary/aromatic N) is 5. The lowest BCUT2D eigenvalue weighted by molar-refractivity contribution is 0.0781. The Morgan fingerprint density at radius 3 is 2.83 bits per heavy atom. The van der Waals surface area contributed by atoms with Gasteiger partial charge >= 0.3 is 0 Å². The van der Waals surface area contributed by atoms with Gasteiger partial charge in [0.1, 0.15) is 5.82 Å². The van der Waals surface area contributed by atoms with Gasteiger partial charge in [-0.3, -0.25) is 9.48 Å². The van der Waals surface area contributed by atoms with E-state index in [2.05, 4.69) is 15.1 Å². The minimum Gasteiger partial charge on any atom is -0.338 e. The molecule has 2 aliphatic rings. The van der Waals surface area contributed by atoms with E-state index in [1.165, 1.54) is 19.3 Å². The van der Waals surface area contributed by atoms with E-state index in [1.807, 2.05) is 30.4 Å². The van der Waals surface area contributed by atoms with Crippen LogP contribution in [0.2, 0.25) is 0 Å². The quantitative estimate of drug-likeness (QED) is 0.865. The second kappa shape index (κ2) is 6.34. The Hall–Kier alpha value is -2.24. The zero-order valence-electron chi connectivity index (χ0n) is 14.0. The molecular formula is C18H23N5O. The lowest BCUT2D eigenvalue weighted by atomic mass is 9.72. The van der Waals surface area contributed by atoms with Crippen molar-refractivity contribution in [3.8, 4) is 0 Å². The highest BCUT2D eigenvalue weighted by Crippen LogP contribution is 2.41. The van der Waals surface area contributed by atoms with Crippen LogP contribution in [0.5, 0.6) is 0 Å². The Balaban J connectivity index is 1.47. The molecule has 2 aromatic heterocycles. The van der Waals surface area contributed by atoms with Crippen LogP contribution >= 0.6 is 0 Å². The summed E-state index contributed by atoms with van der Waals surface area (Å²) in [5.41, 5.74) is 0.694. The predicted molar refractivity (Wildman–Crippen MR) is 89.2 cm³/mol. The molecule has 2 aromatic rings. The lowest BCUT2D eigenvalue weighted by Gasteiger charge is -2.32. The fraction of sp³-hybridized carbons (Fsp3) is 0.556. The van der Waals surface area contributed by atoms with Crippen LogP contribution in [0, 0.1) is 17.8 Å². The number of carbonyl (C=O) groups is 1. The van der Waals surface area contributed by atoms with Crippen LogP contribution in [0.4, 0.5) is 0 Å². The summed E-state index contributed by atoms with van der Waals surface area (Å²) in [6.07, 6.45) is 11.7. The van der Waals surface area contributed by atoms with Crippen molar-refractivity contribution in [3.05, 3.63) is 42.2 Å². The Morgan fingerprint density at radius 1 is 1.25 bits per heavy atom. The molecule has 0 N–H and O–H groups in total. The maximum Gasteiger partial charge on any atom is 0.257 e. The van der Waals surface area contributed by atoms with Gasteiger partial charge in [-0.15, -0.1) is 0 Å². The second-order valence-corrected chi connectivity index (χ2v) is 7.10. The van der Waals surface area contributed by atoms with Gasteiger partial charge in [0.25, 0.3) is 5.91 Å². The molecule has 0 aromatic carbocycles. The van der Waals surface area contributed by atoms with Crippen molar-refractivity contribution in [2.24, 2.45) is 24.8 Å². The van der Waals surface area contributed by atoms with Crippen LogP contribution in [-0.2, 0) is 13.5 Å². The van der Waals surface area contributed by atoms with Crippen LogP contribution in [0.1, 0.15) is 35.4 Å². The van der Waals surface area contributed by atoms with E-state index in [1.54, 1.807) is 17.1 Å². The van der Waals surface area contributed by atoms with Gasteiger partial charge in [0, 0.05) is 45.1 Å². The van der Waals surface area contributed by atoms with E-state index in [-0.39, 0.29) is 5.91 Å². The van der Waals surface area contributed by atoms with E-state index >= 15 is 0 Å². The van der Waals surface area contributed by atoms with Crippen LogP contribution < -0.4 is 0 Å². The number of carbonyl (C=O) groups excluding carboxylic acids is 1. The number of amides is 1. The van der Waals surface area contributed by atoms with Gasteiger partial charge < -0.3 is 4.90 Å². The summed E-state index contributed by atoms with van der Waals surface area (Å²) < 4.78 is 1.69. The molecule has 6 nitrogen and oxygen atoms in total. The number of rotatable bonds is 3. The van der Waals surface area contributed by atoms with Gasteiger partial charge in [0.15, 0.2) is 0 Å². The van der Waals surface area contributed by atoms with Crippen molar-refractivity contribution >= 4 is 5.91 Å². The molecule has 2 fully saturated rings. The maximum atomic E-state index is 12.7. The molecule has 6 heteroatoms. The largest absolute Gasteiger partial charge is 0.338 e. The summed E-state index contributed by atoms with van der Waals surface area (Å²) in [5, 5.41) is 4.12. The molecule has 1 aliphatic carbocycles. The average molecular weight is 325 g/mol. The average Bonchev–Trinajstić information content (AvgIpc) is 3.22. The molecule has 0 unspecified atom stereocenters. The topological polar surface area (TPSA) is 63.9 Å². The molecule has 4 rings (SSSR count). The van der Waals surface area contributed by atoms with Crippen molar-refractivity contribution in [3.63, 3.8) is 0 Å². The number of hydrogen-bond donors (Lipinski definition) is 0. The number of likely N-dealkylation sites (tertiary alicyclic amines) is 1. The van der Waals surface area contributed by atoms with Gasteiger partial charge in [-0.05, 0) is 36.7 Å². The van der Waals surface area contributed by atoms with Crippen molar-refractivity contribution in [1.82, 2.24) is 24.6 Å². The van der Waals surface area contributed by atoms with Gasteiger partial charge in [-0.25, -0.2) is 9.97 Å². The first-order valence-electron chi connectivity index (χ1n) is 8.74. The molecule has 24 heavy (non-hydrogen) atoms. The molecule has 0 spiro atoms. The van der Waals surface area contributed by atoms with E-state index in [4.69, 9.17) is 0 Å². The predicted octanol–water partition coefficient (Wildman–Crippen LogP) is 1.94. The van der Waals surface area contributed by atoms with Crippen LogP contribution in [-0.4, -0.2) is 43.6 Å². The molecule has 1 saturated heterocycles. The minimum absolute atomic E-state index is 0.118. The van der Waals surface area contributed by atoms with E-state index in [9.17, 15) is 4.79 Å². The van der Waals surface area contributed by atoms with Crippen molar-refractivity contribution in [2.45, 2.75) is 25.7 Å². The van der Waals surface area contributed by atoms with E-state index in [0.29, 0.717) is 23.3 Å². The first kappa shape index (κ1) is 15.3. The summed E-state index contributed by atoms with van der Waals surface area (Å²) in [7, 11) is 1.84. The monoisotopic (exact) mass is 325 g/mol. The van der Waals surface area contributed by atoms with Gasteiger partial charge in [0.05, 0.1) is 11.8 Å². The first-order valence-corrected chi connectivity index (χ1v) is 8.74. The summed E-state index contributed by atoms with van der Waals surface area (Å²) >= 11 is 0. The Bertz CT molecular complexity index is 713. The van der Waals surface area contributed by atoms with Crippen LogP contribution in [0.15, 0.2) is 30.9 Å². The zero-order valence-corrected chi connectivity index (χ0v) is 14.0. The lowest BCUT2D eigenvalue weighted by Crippen LogP contribution is -2.30. The highest BCUT2D eigenvalue weighted by atomic mass is 16.2. The third-order valence-electron chi connectivity index (χ3n) is 5.55. The second-order valence-electron chi connectivity index (χ2n) is 7.10. The first-order chi connectivity index (χ1) is 11.7. The standard InChI is InChI=1S/C18H23N5O/c1-22-10-15(9-21-22)18(24)23-11-14-5-2-4-13(16(14)12-23)8-17-19-6-3-7-20-17/h3,6-7,9-10,13-14,16H,2,4-5,8,11-12H2,1H3/t13-,14-,16-/m1/s1. The molecule has 3 atom stereocenters. The molecular weight excluding hydrogens is 302 g/mol. The fourth-order valence-corrected chi connectivity index (χ4v) is 4.40. The Morgan fingerprint density at radius 2 is 2.08 bits per heavy atom. The molecule has 0 radical (unpaired) electrons. The molecule has 1 aliphatic heterocycles. The third kappa shape index (κ3) is 2.92. The van der Waals surface area contributed by atoms with Gasteiger partial charge in [-0.2, -0.15) is 5.10 Å². The summed E-state index contributed by atoms with van der Waals surface area (Å²) in [4.78, 5) is 23.5. The van der Waals surface area contributed by atoms with Crippen LogP contribution in [0.25, 0.3) is 0 Å². The highest BCUT2D eigenvalue weighted by molar-refractivity contribution is 5.93. The molecule has 126 valence electrons. The summed E-state index contributed by atoms with van der Waals surface area (Å²) in [6, 6.07) is 1.86. The Labute approximate surface area is 141 Å². The maximum absolute atomic E-state index is 12.7. The molecule has 0 bridgehead atoms. The molecule has 1 saturated carbocycles. The number of aromatic nitrogens is 4. The minimum atomic E-state index is 0.118. The van der Waals surface area contributed by atoms with Gasteiger partial charge in [-0.1, -0.05) is 6.42 Å². The number of hydrogen-bond acceptors (Lipinski definition) is 4. The van der Waals surface area contributed by atoms with Gasteiger partial charge in [0.2, 0.25) is 0 Å². The Kier molecular flexibility index (Phi) is 4.04. The van der Waals surface area contributed by atoms with Crippen molar-refractivity contribution in [1.29, 1.82) is 0 Å². The normalized spacial score (nSPS) is 26.4. The molecule has 3 heterocycles. The highest BCUT2D eigenvalue weighted by Gasteiger charge is 2.42. The molecule has 1 amide bonds. The van der Waals surface area contributed by atoms with E-state index < -0.39 is 0 Å². The zero-order chi connectivity index (χ0) is 16.5. The number of aryl methyl sites for hydroxylation is 1. The summed E-state index contributed by atoms with van der Waals surface area (Å²) in [6.45, 7) is 1.74. The number of fused-ring (bicyclic) bond motifs is 1. The van der Waals surface area contributed by atoms with E-state index in [0.717, 1.165) is 25.3 Å². The smallest absolute Gasteiger partial charge is 0.257 e. The fourth-order valence-electron chi connectivity index (χ4n) is 4.40. The summed E-state index contributed by atoms with van der Waals surface area (Å²) in [5.74, 6) is 2.82. The van der Waals surface area contributed by atoms with Crippen molar-refractivity contribution in [2.75, 3.05) is 13.1 Å². The third-order valence-corrected chi connectivity index (χ3v) is 5.55.